The Balaban J connectivity index is 1.57. The molecule has 1 fully saturated rings. The highest BCUT2D eigenvalue weighted by Gasteiger charge is 2.31. The van der Waals surface area contributed by atoms with Gasteiger partial charge in [0, 0.05) is 23.9 Å². The van der Waals surface area contributed by atoms with Crippen LogP contribution in [0.4, 0.5) is 4.79 Å². The maximum absolute atomic E-state index is 11.6. The standard InChI is InChI=1S/C15H21ClN2O2S/c16-13-5-3-12(4-6-13)2-1-8-17-14(19)18-10-15(20)7-9-21-11-15/h3-6,20H,1-2,7-11H2,(H2,17,18,19). The van der Waals surface area contributed by atoms with Crippen LogP contribution in [0.25, 0.3) is 0 Å². The molecule has 1 aromatic carbocycles. The van der Waals surface area contributed by atoms with Gasteiger partial charge in [0.1, 0.15) is 0 Å². The summed E-state index contributed by atoms with van der Waals surface area (Å²) in [5.74, 6) is 1.66. The van der Waals surface area contributed by atoms with Crippen LogP contribution < -0.4 is 10.6 Å². The molecule has 6 heteroatoms. The van der Waals surface area contributed by atoms with Crippen LogP contribution in [-0.4, -0.2) is 41.3 Å². The van der Waals surface area contributed by atoms with Crippen molar-refractivity contribution in [3.05, 3.63) is 34.9 Å². The molecule has 1 aliphatic heterocycles. The van der Waals surface area contributed by atoms with E-state index in [9.17, 15) is 9.90 Å². The van der Waals surface area contributed by atoms with Gasteiger partial charge in [0.15, 0.2) is 0 Å². The number of nitrogens with one attached hydrogen (secondary N) is 2. The summed E-state index contributed by atoms with van der Waals surface area (Å²) >= 11 is 7.55. The van der Waals surface area contributed by atoms with E-state index in [4.69, 9.17) is 11.6 Å². The minimum Gasteiger partial charge on any atom is -0.387 e. The topological polar surface area (TPSA) is 61.4 Å². The number of rotatable bonds is 6. The summed E-state index contributed by atoms with van der Waals surface area (Å²) in [4.78, 5) is 11.6. The molecule has 0 bridgehead atoms. The molecule has 0 radical (unpaired) electrons. The second-order valence-corrected chi connectivity index (χ2v) is 6.91. The molecule has 1 unspecified atom stereocenters. The number of aliphatic hydroxyl groups is 1. The number of amides is 2. The molecule has 2 rings (SSSR count). The lowest BCUT2D eigenvalue weighted by Crippen LogP contribution is -2.46. The van der Waals surface area contributed by atoms with Crippen molar-refractivity contribution in [2.45, 2.75) is 24.9 Å². The predicted molar refractivity (Wildman–Crippen MR) is 88.1 cm³/mol. The molecule has 1 aromatic rings. The number of halogens is 1. The molecule has 1 atom stereocenters. The van der Waals surface area contributed by atoms with Crippen LogP contribution in [-0.2, 0) is 6.42 Å². The van der Waals surface area contributed by atoms with Crippen LogP contribution in [0.5, 0.6) is 0 Å². The summed E-state index contributed by atoms with van der Waals surface area (Å²) in [5, 5.41) is 16.4. The van der Waals surface area contributed by atoms with E-state index >= 15 is 0 Å². The minimum atomic E-state index is -0.731. The van der Waals surface area contributed by atoms with Crippen LogP contribution >= 0.6 is 23.4 Å². The highest BCUT2D eigenvalue weighted by atomic mass is 35.5. The Hall–Kier alpha value is -0.910. The lowest BCUT2D eigenvalue weighted by atomic mass is 10.0. The molecule has 0 saturated carbocycles. The molecular formula is C15H21ClN2O2S. The number of urea groups is 1. The smallest absolute Gasteiger partial charge is 0.314 e. The van der Waals surface area contributed by atoms with E-state index < -0.39 is 5.60 Å². The number of thioether (sulfide) groups is 1. The fraction of sp³-hybridized carbons (Fsp3) is 0.533. The molecule has 2 amide bonds. The number of aryl methyl sites for hydroxylation is 1. The Bertz CT molecular complexity index is 461. The van der Waals surface area contributed by atoms with Gasteiger partial charge in [0.05, 0.1) is 5.60 Å². The first kappa shape index (κ1) is 16.5. The molecule has 1 aliphatic rings. The second kappa shape index (κ2) is 7.92. The molecule has 1 saturated heterocycles. The summed E-state index contributed by atoms with van der Waals surface area (Å²) in [7, 11) is 0. The first-order valence-corrected chi connectivity index (χ1v) is 8.67. The van der Waals surface area contributed by atoms with E-state index in [0.29, 0.717) is 18.8 Å². The van der Waals surface area contributed by atoms with Gasteiger partial charge in [-0.1, -0.05) is 23.7 Å². The number of hydrogen-bond acceptors (Lipinski definition) is 3. The molecule has 1 heterocycles. The van der Waals surface area contributed by atoms with Crippen LogP contribution in [0.2, 0.25) is 5.02 Å². The van der Waals surface area contributed by atoms with Crippen molar-refractivity contribution in [2.24, 2.45) is 0 Å². The van der Waals surface area contributed by atoms with Crippen LogP contribution in [0.1, 0.15) is 18.4 Å². The van der Waals surface area contributed by atoms with Crippen molar-refractivity contribution in [3.8, 4) is 0 Å². The van der Waals surface area contributed by atoms with Crippen molar-refractivity contribution in [2.75, 3.05) is 24.6 Å². The number of carbonyl (C=O) groups is 1. The fourth-order valence-corrected chi connectivity index (χ4v) is 3.61. The van der Waals surface area contributed by atoms with E-state index in [1.165, 1.54) is 5.56 Å². The van der Waals surface area contributed by atoms with Gasteiger partial charge >= 0.3 is 6.03 Å². The van der Waals surface area contributed by atoms with Crippen LogP contribution in [0.3, 0.4) is 0 Å². The Morgan fingerprint density at radius 2 is 2.10 bits per heavy atom. The third-order valence-corrected chi connectivity index (χ3v) is 4.99. The fourth-order valence-electron chi connectivity index (χ4n) is 2.19. The minimum absolute atomic E-state index is 0.212. The zero-order valence-corrected chi connectivity index (χ0v) is 13.5. The van der Waals surface area contributed by atoms with Gasteiger partial charge in [-0.15, -0.1) is 0 Å². The highest BCUT2D eigenvalue weighted by Crippen LogP contribution is 2.26. The molecule has 4 nitrogen and oxygen atoms in total. The van der Waals surface area contributed by atoms with Gasteiger partial charge < -0.3 is 15.7 Å². The monoisotopic (exact) mass is 328 g/mol. The third-order valence-electron chi connectivity index (χ3n) is 3.50. The summed E-state index contributed by atoms with van der Waals surface area (Å²) in [6.45, 7) is 0.935. The van der Waals surface area contributed by atoms with E-state index in [1.54, 1.807) is 11.8 Å². The lowest BCUT2D eigenvalue weighted by Gasteiger charge is -2.21. The number of carbonyl (C=O) groups excluding carboxylic acids is 1. The van der Waals surface area contributed by atoms with Crippen molar-refractivity contribution < 1.29 is 9.90 Å². The van der Waals surface area contributed by atoms with E-state index in [0.717, 1.165) is 30.0 Å². The van der Waals surface area contributed by atoms with Crippen molar-refractivity contribution >= 4 is 29.4 Å². The maximum atomic E-state index is 11.6. The van der Waals surface area contributed by atoms with Gasteiger partial charge in [-0.2, -0.15) is 11.8 Å². The molecule has 3 N–H and O–H groups in total. The Kier molecular flexibility index (Phi) is 6.21. The Labute approximate surface area is 134 Å². The normalized spacial score (nSPS) is 21.2. The molecular weight excluding hydrogens is 308 g/mol. The highest BCUT2D eigenvalue weighted by molar-refractivity contribution is 7.99. The Morgan fingerprint density at radius 1 is 1.33 bits per heavy atom. The summed E-state index contributed by atoms with van der Waals surface area (Å²) in [5.41, 5.74) is 0.476. The summed E-state index contributed by atoms with van der Waals surface area (Å²) in [6, 6.07) is 7.52. The van der Waals surface area contributed by atoms with E-state index in [-0.39, 0.29) is 6.03 Å². The van der Waals surface area contributed by atoms with E-state index in [2.05, 4.69) is 10.6 Å². The largest absolute Gasteiger partial charge is 0.387 e. The SMILES string of the molecule is O=C(NCCCc1ccc(Cl)cc1)NCC1(O)CCSC1. The van der Waals surface area contributed by atoms with Crippen LogP contribution in [0, 0.1) is 0 Å². The molecule has 0 aliphatic carbocycles. The average Bonchev–Trinajstić information content (AvgIpc) is 2.91. The molecule has 0 aromatic heterocycles. The van der Waals surface area contributed by atoms with Gasteiger partial charge in [0.2, 0.25) is 0 Å². The summed E-state index contributed by atoms with van der Waals surface area (Å²) in [6.07, 6.45) is 2.52. The zero-order valence-electron chi connectivity index (χ0n) is 11.9. The van der Waals surface area contributed by atoms with Crippen LogP contribution in [0.15, 0.2) is 24.3 Å². The molecule has 116 valence electrons. The first-order chi connectivity index (χ1) is 10.1. The first-order valence-electron chi connectivity index (χ1n) is 7.14. The van der Waals surface area contributed by atoms with Crippen molar-refractivity contribution in [1.82, 2.24) is 10.6 Å². The van der Waals surface area contributed by atoms with Crippen molar-refractivity contribution in [1.29, 1.82) is 0 Å². The number of benzene rings is 1. The van der Waals surface area contributed by atoms with Gasteiger partial charge in [0.25, 0.3) is 0 Å². The third kappa shape index (κ3) is 5.77. The van der Waals surface area contributed by atoms with E-state index in [1.807, 2.05) is 24.3 Å². The zero-order chi connectivity index (χ0) is 15.1. The quantitative estimate of drug-likeness (QED) is 0.703. The maximum Gasteiger partial charge on any atom is 0.314 e. The van der Waals surface area contributed by atoms with Gasteiger partial charge in [-0.25, -0.2) is 4.79 Å². The van der Waals surface area contributed by atoms with Gasteiger partial charge in [-0.05, 0) is 42.7 Å². The molecule has 21 heavy (non-hydrogen) atoms. The van der Waals surface area contributed by atoms with Crippen molar-refractivity contribution in [3.63, 3.8) is 0 Å². The predicted octanol–water partition coefficient (Wildman–Crippen LogP) is 2.44. The number of hydrogen-bond donors (Lipinski definition) is 3. The average molecular weight is 329 g/mol. The second-order valence-electron chi connectivity index (χ2n) is 5.37. The summed E-state index contributed by atoms with van der Waals surface area (Å²) < 4.78 is 0. The molecule has 0 spiro atoms. The lowest BCUT2D eigenvalue weighted by molar-refractivity contribution is 0.0700. The van der Waals surface area contributed by atoms with Gasteiger partial charge in [-0.3, -0.25) is 0 Å². The Morgan fingerprint density at radius 3 is 2.76 bits per heavy atom.